The zero-order chi connectivity index (χ0) is 10.5. The lowest BCUT2D eigenvalue weighted by atomic mass is 10.2. The first-order valence-corrected chi connectivity index (χ1v) is 5.68. The Morgan fingerprint density at radius 1 is 1.07 bits per heavy atom. The SMILES string of the molecule is ClCCN1C=CN(Cc2ccccc2)C1. The summed E-state index contributed by atoms with van der Waals surface area (Å²) in [7, 11) is 0. The van der Waals surface area contributed by atoms with Gasteiger partial charge in [0.15, 0.2) is 0 Å². The van der Waals surface area contributed by atoms with Crippen molar-refractivity contribution in [3.63, 3.8) is 0 Å². The molecule has 15 heavy (non-hydrogen) atoms. The van der Waals surface area contributed by atoms with Crippen LogP contribution in [0.5, 0.6) is 0 Å². The fraction of sp³-hybridized carbons (Fsp3) is 0.333. The van der Waals surface area contributed by atoms with Gasteiger partial charge < -0.3 is 9.80 Å². The van der Waals surface area contributed by atoms with Crippen LogP contribution in [0, 0.1) is 0 Å². The van der Waals surface area contributed by atoms with Crippen molar-refractivity contribution in [3.8, 4) is 0 Å². The van der Waals surface area contributed by atoms with Crippen LogP contribution in [-0.2, 0) is 6.54 Å². The van der Waals surface area contributed by atoms with Crippen LogP contribution in [0.2, 0.25) is 0 Å². The number of halogens is 1. The van der Waals surface area contributed by atoms with Crippen LogP contribution in [-0.4, -0.2) is 28.9 Å². The second kappa shape index (κ2) is 5.08. The van der Waals surface area contributed by atoms with Crippen molar-refractivity contribution in [2.24, 2.45) is 0 Å². The number of rotatable bonds is 4. The molecule has 0 saturated carbocycles. The lowest BCUT2D eigenvalue weighted by Crippen LogP contribution is -2.26. The van der Waals surface area contributed by atoms with Gasteiger partial charge >= 0.3 is 0 Å². The Labute approximate surface area is 95.7 Å². The van der Waals surface area contributed by atoms with Crippen LogP contribution in [0.15, 0.2) is 42.7 Å². The molecule has 2 rings (SSSR count). The van der Waals surface area contributed by atoms with Gasteiger partial charge in [0.1, 0.15) is 0 Å². The summed E-state index contributed by atoms with van der Waals surface area (Å²) >= 11 is 5.70. The molecular weight excluding hydrogens is 208 g/mol. The van der Waals surface area contributed by atoms with Gasteiger partial charge in [0.05, 0.1) is 6.67 Å². The van der Waals surface area contributed by atoms with E-state index in [1.807, 2.05) is 6.07 Å². The molecule has 0 unspecified atom stereocenters. The highest BCUT2D eigenvalue weighted by Crippen LogP contribution is 2.11. The Morgan fingerprint density at radius 3 is 2.53 bits per heavy atom. The van der Waals surface area contributed by atoms with E-state index in [4.69, 9.17) is 11.6 Å². The summed E-state index contributed by atoms with van der Waals surface area (Å²) in [5.74, 6) is 0.684. The van der Waals surface area contributed by atoms with Crippen LogP contribution in [0.4, 0.5) is 0 Å². The van der Waals surface area contributed by atoms with Crippen LogP contribution in [0.1, 0.15) is 5.56 Å². The standard InChI is InChI=1S/C12H15ClN2/c13-6-7-14-8-9-15(11-14)10-12-4-2-1-3-5-12/h1-5,8-9H,6-7,10-11H2. The van der Waals surface area contributed by atoms with Gasteiger partial charge in [-0.05, 0) is 5.56 Å². The normalized spacial score (nSPS) is 15.0. The number of hydrogen-bond acceptors (Lipinski definition) is 2. The topological polar surface area (TPSA) is 6.48 Å². The average Bonchev–Trinajstić information content (AvgIpc) is 2.68. The third-order valence-electron chi connectivity index (χ3n) is 2.45. The minimum Gasteiger partial charge on any atom is -0.357 e. The molecule has 0 N–H and O–H groups in total. The van der Waals surface area contributed by atoms with Gasteiger partial charge in [-0.25, -0.2) is 0 Å². The Morgan fingerprint density at radius 2 is 1.80 bits per heavy atom. The lowest BCUT2D eigenvalue weighted by molar-refractivity contribution is 0.269. The molecule has 0 radical (unpaired) electrons. The van der Waals surface area contributed by atoms with Gasteiger partial charge in [-0.15, -0.1) is 11.6 Å². The molecular formula is C12H15ClN2. The van der Waals surface area contributed by atoms with Crippen molar-refractivity contribution in [2.75, 3.05) is 19.1 Å². The van der Waals surface area contributed by atoms with Crippen LogP contribution >= 0.6 is 11.6 Å². The van der Waals surface area contributed by atoms with E-state index in [1.165, 1.54) is 5.56 Å². The maximum atomic E-state index is 5.70. The van der Waals surface area contributed by atoms with Gasteiger partial charge in [0.25, 0.3) is 0 Å². The molecule has 0 saturated heterocycles. The van der Waals surface area contributed by atoms with E-state index in [0.717, 1.165) is 19.8 Å². The highest BCUT2D eigenvalue weighted by atomic mass is 35.5. The van der Waals surface area contributed by atoms with Crippen molar-refractivity contribution >= 4 is 11.6 Å². The monoisotopic (exact) mass is 222 g/mol. The Kier molecular flexibility index (Phi) is 3.51. The van der Waals surface area contributed by atoms with Crippen molar-refractivity contribution in [3.05, 3.63) is 48.3 Å². The molecule has 1 aromatic rings. The van der Waals surface area contributed by atoms with E-state index in [2.05, 4.69) is 46.5 Å². The summed E-state index contributed by atoms with van der Waals surface area (Å²) in [6, 6.07) is 10.5. The molecule has 0 fully saturated rings. The largest absolute Gasteiger partial charge is 0.357 e. The fourth-order valence-electron chi connectivity index (χ4n) is 1.69. The average molecular weight is 223 g/mol. The first kappa shape index (κ1) is 10.4. The lowest BCUT2D eigenvalue weighted by Gasteiger charge is -2.20. The molecule has 0 atom stereocenters. The molecule has 1 heterocycles. The molecule has 0 bridgehead atoms. The van der Waals surface area contributed by atoms with Gasteiger partial charge in [-0.2, -0.15) is 0 Å². The summed E-state index contributed by atoms with van der Waals surface area (Å²) in [6.07, 6.45) is 4.23. The van der Waals surface area contributed by atoms with E-state index >= 15 is 0 Å². The van der Waals surface area contributed by atoms with Gasteiger partial charge in [0.2, 0.25) is 0 Å². The minimum absolute atomic E-state index is 0.684. The van der Waals surface area contributed by atoms with Crippen LogP contribution in [0.25, 0.3) is 0 Å². The summed E-state index contributed by atoms with van der Waals surface area (Å²) in [5.41, 5.74) is 1.34. The first-order chi connectivity index (χ1) is 7.38. The molecule has 0 spiro atoms. The number of nitrogens with zero attached hydrogens (tertiary/aromatic N) is 2. The third kappa shape index (κ3) is 2.90. The molecule has 80 valence electrons. The van der Waals surface area contributed by atoms with E-state index in [0.29, 0.717) is 5.88 Å². The second-order valence-corrected chi connectivity index (χ2v) is 4.05. The molecule has 0 amide bonds. The second-order valence-electron chi connectivity index (χ2n) is 3.67. The van der Waals surface area contributed by atoms with Crippen molar-refractivity contribution < 1.29 is 0 Å². The third-order valence-corrected chi connectivity index (χ3v) is 2.62. The quantitative estimate of drug-likeness (QED) is 0.723. The van der Waals surface area contributed by atoms with Gasteiger partial charge in [-0.3, -0.25) is 0 Å². The van der Waals surface area contributed by atoms with Crippen molar-refractivity contribution in [1.82, 2.24) is 9.80 Å². The van der Waals surface area contributed by atoms with Gasteiger partial charge in [-0.1, -0.05) is 30.3 Å². The fourth-order valence-corrected chi connectivity index (χ4v) is 1.91. The number of hydrogen-bond donors (Lipinski definition) is 0. The van der Waals surface area contributed by atoms with Crippen molar-refractivity contribution in [1.29, 1.82) is 0 Å². The smallest absolute Gasteiger partial charge is 0.0897 e. The summed E-state index contributed by atoms with van der Waals surface area (Å²) in [4.78, 5) is 4.50. The molecule has 1 aliphatic heterocycles. The predicted octanol–water partition coefficient (Wildman–Crippen LogP) is 2.47. The van der Waals surface area contributed by atoms with E-state index < -0.39 is 0 Å². The molecule has 2 nitrogen and oxygen atoms in total. The highest BCUT2D eigenvalue weighted by molar-refractivity contribution is 6.18. The first-order valence-electron chi connectivity index (χ1n) is 5.15. The number of alkyl halides is 1. The van der Waals surface area contributed by atoms with E-state index in [9.17, 15) is 0 Å². The summed E-state index contributed by atoms with van der Waals surface area (Å²) in [6.45, 7) is 2.83. The van der Waals surface area contributed by atoms with E-state index in [-0.39, 0.29) is 0 Å². The maximum absolute atomic E-state index is 5.70. The molecule has 1 aromatic carbocycles. The zero-order valence-electron chi connectivity index (χ0n) is 8.64. The Hall–Kier alpha value is -1.15. The maximum Gasteiger partial charge on any atom is 0.0897 e. The van der Waals surface area contributed by atoms with Crippen LogP contribution in [0.3, 0.4) is 0 Å². The molecule has 0 aromatic heterocycles. The summed E-state index contributed by atoms with van der Waals surface area (Å²) < 4.78 is 0. The predicted molar refractivity (Wildman–Crippen MR) is 63.4 cm³/mol. The van der Waals surface area contributed by atoms with Gasteiger partial charge in [0, 0.05) is 31.4 Å². The minimum atomic E-state index is 0.684. The van der Waals surface area contributed by atoms with Crippen molar-refractivity contribution in [2.45, 2.75) is 6.54 Å². The highest BCUT2D eigenvalue weighted by Gasteiger charge is 2.10. The van der Waals surface area contributed by atoms with Crippen LogP contribution < -0.4 is 0 Å². The summed E-state index contributed by atoms with van der Waals surface area (Å²) in [5, 5.41) is 0. The zero-order valence-corrected chi connectivity index (χ0v) is 9.40. The molecule has 3 heteroatoms. The molecule has 0 aliphatic carbocycles. The Bertz CT molecular complexity index is 324. The Balaban J connectivity index is 1.86. The number of benzene rings is 1. The molecule has 1 aliphatic rings. The van der Waals surface area contributed by atoms with E-state index in [1.54, 1.807) is 0 Å².